The SMILES string of the molecule is c1ccc(-c2cccc(CN3CCC[C@H]3c3ccccn3)c2)nc1. The molecule has 0 aliphatic carbocycles. The van der Waals surface area contributed by atoms with E-state index in [0.717, 1.165) is 18.8 Å². The maximum atomic E-state index is 4.57. The van der Waals surface area contributed by atoms with Gasteiger partial charge in [0.15, 0.2) is 0 Å². The van der Waals surface area contributed by atoms with Gasteiger partial charge in [-0.3, -0.25) is 14.9 Å². The normalized spacial score (nSPS) is 17.9. The topological polar surface area (TPSA) is 29.0 Å². The first-order valence-corrected chi connectivity index (χ1v) is 8.55. The van der Waals surface area contributed by atoms with Gasteiger partial charge in [-0.1, -0.05) is 30.3 Å². The molecule has 2 aromatic heterocycles. The first kappa shape index (κ1) is 15.0. The summed E-state index contributed by atoms with van der Waals surface area (Å²) < 4.78 is 0. The van der Waals surface area contributed by atoms with E-state index in [4.69, 9.17) is 0 Å². The van der Waals surface area contributed by atoms with Crippen molar-refractivity contribution < 1.29 is 0 Å². The number of rotatable bonds is 4. The molecule has 3 nitrogen and oxygen atoms in total. The van der Waals surface area contributed by atoms with Crippen LogP contribution in [0.5, 0.6) is 0 Å². The highest BCUT2D eigenvalue weighted by atomic mass is 15.2. The fourth-order valence-corrected chi connectivity index (χ4v) is 3.52. The summed E-state index contributed by atoms with van der Waals surface area (Å²) in [6.45, 7) is 2.09. The van der Waals surface area contributed by atoms with Crippen LogP contribution in [0.1, 0.15) is 30.1 Å². The van der Waals surface area contributed by atoms with Gasteiger partial charge in [-0.15, -0.1) is 0 Å². The Morgan fingerprint density at radius 2 is 1.79 bits per heavy atom. The second-order valence-electron chi connectivity index (χ2n) is 6.30. The lowest BCUT2D eigenvalue weighted by Crippen LogP contribution is -2.23. The Morgan fingerprint density at radius 3 is 2.58 bits per heavy atom. The molecule has 0 unspecified atom stereocenters. The fourth-order valence-electron chi connectivity index (χ4n) is 3.52. The van der Waals surface area contributed by atoms with Crippen LogP contribution >= 0.6 is 0 Å². The summed E-state index contributed by atoms with van der Waals surface area (Å²) in [6, 6.07) is 21.4. The van der Waals surface area contributed by atoms with E-state index in [1.807, 2.05) is 30.6 Å². The smallest absolute Gasteiger partial charge is 0.0702 e. The predicted molar refractivity (Wildman–Crippen MR) is 96.3 cm³/mol. The molecule has 1 fully saturated rings. The average molecular weight is 315 g/mol. The standard InChI is InChI=1S/C21H21N3/c1-3-12-22-19(9-1)18-8-5-7-17(15-18)16-24-14-6-11-21(24)20-10-2-4-13-23-20/h1-5,7-10,12-13,15,21H,6,11,14,16H2/t21-/m0/s1. The van der Waals surface area contributed by atoms with Crippen LogP contribution in [0.4, 0.5) is 0 Å². The molecule has 1 saturated heterocycles. The number of benzene rings is 1. The van der Waals surface area contributed by atoms with Crippen molar-refractivity contribution in [2.24, 2.45) is 0 Å². The summed E-state index contributed by atoms with van der Waals surface area (Å²) in [5.41, 5.74) is 4.74. The van der Waals surface area contributed by atoms with Crippen LogP contribution in [0.2, 0.25) is 0 Å². The minimum absolute atomic E-state index is 0.435. The van der Waals surface area contributed by atoms with Crippen LogP contribution < -0.4 is 0 Å². The second kappa shape index (κ2) is 6.93. The molecule has 120 valence electrons. The number of hydrogen-bond acceptors (Lipinski definition) is 3. The molecule has 4 rings (SSSR count). The minimum Gasteiger partial charge on any atom is -0.291 e. The monoisotopic (exact) mass is 315 g/mol. The van der Waals surface area contributed by atoms with Crippen molar-refractivity contribution in [1.29, 1.82) is 0 Å². The lowest BCUT2D eigenvalue weighted by molar-refractivity contribution is 0.244. The average Bonchev–Trinajstić information content (AvgIpc) is 3.11. The van der Waals surface area contributed by atoms with Crippen molar-refractivity contribution in [2.45, 2.75) is 25.4 Å². The number of aromatic nitrogens is 2. The zero-order valence-electron chi connectivity index (χ0n) is 13.7. The zero-order valence-corrected chi connectivity index (χ0v) is 13.7. The third-order valence-electron chi connectivity index (χ3n) is 4.67. The van der Waals surface area contributed by atoms with Crippen LogP contribution in [0.25, 0.3) is 11.3 Å². The van der Waals surface area contributed by atoms with Crippen LogP contribution in [0.15, 0.2) is 73.1 Å². The van der Waals surface area contributed by atoms with Gasteiger partial charge in [0.05, 0.1) is 17.4 Å². The molecule has 1 aromatic carbocycles. The molecule has 3 heteroatoms. The van der Waals surface area contributed by atoms with Crippen molar-refractivity contribution >= 4 is 0 Å². The summed E-state index contributed by atoms with van der Waals surface area (Å²) in [5.74, 6) is 0. The molecule has 3 heterocycles. The molecule has 24 heavy (non-hydrogen) atoms. The number of likely N-dealkylation sites (tertiary alicyclic amines) is 1. The van der Waals surface area contributed by atoms with Gasteiger partial charge >= 0.3 is 0 Å². The number of nitrogens with zero attached hydrogens (tertiary/aromatic N) is 3. The van der Waals surface area contributed by atoms with Gasteiger partial charge in [-0.05, 0) is 55.3 Å². The summed E-state index contributed by atoms with van der Waals surface area (Å²) in [5, 5.41) is 0. The third kappa shape index (κ3) is 3.22. The van der Waals surface area contributed by atoms with E-state index in [1.54, 1.807) is 0 Å². The van der Waals surface area contributed by atoms with E-state index in [1.165, 1.54) is 29.7 Å². The molecule has 0 bridgehead atoms. The third-order valence-corrected chi connectivity index (χ3v) is 4.67. The van der Waals surface area contributed by atoms with Crippen molar-refractivity contribution in [2.75, 3.05) is 6.54 Å². The van der Waals surface area contributed by atoms with Crippen molar-refractivity contribution in [3.05, 3.63) is 84.3 Å². The van der Waals surface area contributed by atoms with E-state index < -0.39 is 0 Å². The largest absolute Gasteiger partial charge is 0.291 e. The molecule has 0 N–H and O–H groups in total. The molecule has 1 aliphatic rings. The molecule has 1 atom stereocenters. The molecule has 0 amide bonds. The van der Waals surface area contributed by atoms with Gasteiger partial charge in [0, 0.05) is 24.5 Å². The van der Waals surface area contributed by atoms with Crippen molar-refractivity contribution in [1.82, 2.24) is 14.9 Å². The molecular formula is C21H21N3. The van der Waals surface area contributed by atoms with Crippen LogP contribution in [-0.4, -0.2) is 21.4 Å². The quantitative estimate of drug-likeness (QED) is 0.711. The first-order chi connectivity index (χ1) is 11.9. The number of hydrogen-bond donors (Lipinski definition) is 0. The maximum absolute atomic E-state index is 4.57. The Bertz CT molecular complexity index is 786. The van der Waals surface area contributed by atoms with Crippen molar-refractivity contribution in [3.63, 3.8) is 0 Å². The molecule has 0 spiro atoms. The van der Waals surface area contributed by atoms with E-state index in [9.17, 15) is 0 Å². The highest BCUT2D eigenvalue weighted by Crippen LogP contribution is 2.32. The predicted octanol–water partition coefficient (Wildman–Crippen LogP) is 4.48. The van der Waals surface area contributed by atoms with E-state index in [0.29, 0.717) is 6.04 Å². The van der Waals surface area contributed by atoms with Crippen molar-refractivity contribution in [3.8, 4) is 11.3 Å². The van der Waals surface area contributed by atoms with E-state index >= 15 is 0 Å². The Labute approximate surface area is 143 Å². The minimum atomic E-state index is 0.435. The van der Waals surface area contributed by atoms with Crippen LogP contribution in [0.3, 0.4) is 0 Å². The summed E-state index contributed by atoms with van der Waals surface area (Å²) in [6.07, 6.45) is 6.17. The molecule has 0 saturated carbocycles. The van der Waals surface area contributed by atoms with Crippen LogP contribution in [0, 0.1) is 0 Å². The number of pyridine rings is 2. The Hall–Kier alpha value is -2.52. The second-order valence-corrected chi connectivity index (χ2v) is 6.30. The van der Waals surface area contributed by atoms with Gasteiger partial charge in [0.2, 0.25) is 0 Å². The lowest BCUT2D eigenvalue weighted by Gasteiger charge is -2.24. The Morgan fingerprint density at radius 1 is 0.917 bits per heavy atom. The van der Waals surface area contributed by atoms with Gasteiger partial charge in [-0.2, -0.15) is 0 Å². The Kier molecular flexibility index (Phi) is 4.34. The van der Waals surface area contributed by atoms with Gasteiger partial charge in [0.25, 0.3) is 0 Å². The lowest BCUT2D eigenvalue weighted by atomic mass is 10.1. The van der Waals surface area contributed by atoms with E-state index in [-0.39, 0.29) is 0 Å². The first-order valence-electron chi connectivity index (χ1n) is 8.55. The molecule has 1 aliphatic heterocycles. The van der Waals surface area contributed by atoms with Crippen LogP contribution in [-0.2, 0) is 6.54 Å². The zero-order chi connectivity index (χ0) is 16.2. The summed E-state index contributed by atoms with van der Waals surface area (Å²) in [7, 11) is 0. The highest BCUT2D eigenvalue weighted by Gasteiger charge is 2.26. The molecule has 3 aromatic rings. The Balaban J connectivity index is 1.55. The van der Waals surface area contributed by atoms with Gasteiger partial charge < -0.3 is 0 Å². The summed E-state index contributed by atoms with van der Waals surface area (Å²) >= 11 is 0. The molecular weight excluding hydrogens is 294 g/mol. The van der Waals surface area contributed by atoms with Gasteiger partial charge in [-0.25, -0.2) is 0 Å². The summed E-state index contributed by atoms with van der Waals surface area (Å²) in [4.78, 5) is 11.6. The maximum Gasteiger partial charge on any atom is 0.0702 e. The fraction of sp³-hybridized carbons (Fsp3) is 0.238. The highest BCUT2D eigenvalue weighted by molar-refractivity contribution is 5.59. The van der Waals surface area contributed by atoms with Gasteiger partial charge in [0.1, 0.15) is 0 Å². The molecule has 0 radical (unpaired) electrons. The van der Waals surface area contributed by atoms with E-state index in [2.05, 4.69) is 57.3 Å².